The lowest BCUT2D eigenvalue weighted by Gasteiger charge is -2.13. The second kappa shape index (κ2) is 10.0. The first-order valence-electron chi connectivity index (χ1n) is 11.6. The van der Waals surface area contributed by atoms with Gasteiger partial charge in [0.25, 0.3) is 0 Å². The average Bonchev–Trinajstić information content (AvgIpc) is 3.30. The predicted molar refractivity (Wildman–Crippen MR) is 138 cm³/mol. The number of methoxy groups -OCH3 is 2. The van der Waals surface area contributed by atoms with Crippen molar-refractivity contribution in [2.45, 2.75) is 19.9 Å². The van der Waals surface area contributed by atoms with E-state index in [1.54, 1.807) is 32.5 Å². The Kier molecular flexibility index (Phi) is 6.49. The fourth-order valence-electron chi connectivity index (χ4n) is 4.20. The molecular formula is C28H26FN5O2. The van der Waals surface area contributed by atoms with E-state index in [9.17, 15) is 4.39 Å². The molecule has 0 aliphatic carbocycles. The van der Waals surface area contributed by atoms with Crippen LogP contribution in [0, 0.1) is 5.82 Å². The van der Waals surface area contributed by atoms with Gasteiger partial charge in [0.2, 0.25) is 5.95 Å². The van der Waals surface area contributed by atoms with E-state index in [0.29, 0.717) is 29.7 Å². The molecule has 0 bridgehead atoms. The number of hydrogen-bond donors (Lipinski definition) is 1. The van der Waals surface area contributed by atoms with Crippen LogP contribution in [-0.2, 0) is 13.0 Å². The highest BCUT2D eigenvalue weighted by Gasteiger charge is 2.18. The highest BCUT2D eigenvalue weighted by Crippen LogP contribution is 2.33. The van der Waals surface area contributed by atoms with Crippen LogP contribution in [0.3, 0.4) is 0 Å². The minimum Gasteiger partial charge on any atom is -0.493 e. The van der Waals surface area contributed by atoms with Gasteiger partial charge >= 0.3 is 0 Å². The molecular weight excluding hydrogens is 457 g/mol. The molecule has 36 heavy (non-hydrogen) atoms. The van der Waals surface area contributed by atoms with Crippen LogP contribution in [0.25, 0.3) is 28.3 Å². The van der Waals surface area contributed by atoms with Crippen molar-refractivity contribution in [3.8, 4) is 34.1 Å². The van der Waals surface area contributed by atoms with Gasteiger partial charge in [-0.2, -0.15) is 0 Å². The van der Waals surface area contributed by atoms with Crippen molar-refractivity contribution in [3.63, 3.8) is 0 Å². The smallest absolute Gasteiger partial charge is 0.223 e. The number of aromatic nitrogens is 4. The number of imidazole rings is 1. The normalized spacial score (nSPS) is 11.0. The zero-order valence-corrected chi connectivity index (χ0v) is 20.3. The molecule has 3 heterocycles. The number of para-hydroxylation sites is 1. The van der Waals surface area contributed by atoms with Crippen molar-refractivity contribution in [2.75, 3.05) is 19.5 Å². The van der Waals surface area contributed by atoms with E-state index < -0.39 is 0 Å². The largest absolute Gasteiger partial charge is 0.493 e. The monoisotopic (exact) mass is 483 g/mol. The summed E-state index contributed by atoms with van der Waals surface area (Å²) in [5.74, 6) is 1.49. The number of benzene rings is 2. The van der Waals surface area contributed by atoms with Gasteiger partial charge in [0.05, 0.1) is 31.3 Å². The Morgan fingerprint density at radius 3 is 2.56 bits per heavy atom. The molecule has 3 aromatic heterocycles. The summed E-state index contributed by atoms with van der Waals surface area (Å²) >= 11 is 0. The van der Waals surface area contributed by atoms with Crippen LogP contribution in [0.5, 0.6) is 11.5 Å². The van der Waals surface area contributed by atoms with Gasteiger partial charge in [-0.05, 0) is 60.5 Å². The Hall–Kier alpha value is -4.46. The van der Waals surface area contributed by atoms with Crippen LogP contribution in [0.15, 0.2) is 73.1 Å². The van der Waals surface area contributed by atoms with Gasteiger partial charge in [-0.3, -0.25) is 4.40 Å². The van der Waals surface area contributed by atoms with Crippen LogP contribution in [0.2, 0.25) is 0 Å². The first kappa shape index (κ1) is 23.3. The first-order chi connectivity index (χ1) is 17.6. The SMILES string of the molecule is CCc1ccn2c(-c3ccnc(NCc4cccc(OC)c4OC)n3)c(-c3ccc(F)cc3)nc2c1. The molecule has 0 radical (unpaired) electrons. The van der Waals surface area contributed by atoms with E-state index in [-0.39, 0.29) is 5.82 Å². The summed E-state index contributed by atoms with van der Waals surface area (Å²) in [6.07, 6.45) is 4.61. The van der Waals surface area contributed by atoms with Gasteiger partial charge in [-0.25, -0.2) is 19.3 Å². The third-order valence-corrected chi connectivity index (χ3v) is 6.04. The summed E-state index contributed by atoms with van der Waals surface area (Å²) in [5.41, 5.74) is 5.94. The maximum atomic E-state index is 13.6. The summed E-state index contributed by atoms with van der Waals surface area (Å²) in [7, 11) is 3.23. The molecule has 8 heteroatoms. The summed E-state index contributed by atoms with van der Waals surface area (Å²) in [5, 5.41) is 3.29. The van der Waals surface area contributed by atoms with Crippen LogP contribution < -0.4 is 14.8 Å². The molecule has 0 spiro atoms. The van der Waals surface area contributed by atoms with E-state index in [1.165, 1.54) is 17.7 Å². The maximum Gasteiger partial charge on any atom is 0.223 e. The van der Waals surface area contributed by atoms with Crippen molar-refractivity contribution in [1.82, 2.24) is 19.4 Å². The lowest BCUT2D eigenvalue weighted by Crippen LogP contribution is -2.06. The van der Waals surface area contributed by atoms with E-state index in [4.69, 9.17) is 19.4 Å². The van der Waals surface area contributed by atoms with Gasteiger partial charge in [-0.15, -0.1) is 0 Å². The van der Waals surface area contributed by atoms with Crippen LogP contribution in [0.1, 0.15) is 18.1 Å². The molecule has 5 rings (SSSR count). The number of pyridine rings is 1. The molecule has 0 aliphatic heterocycles. The Bertz CT molecular complexity index is 1510. The van der Waals surface area contributed by atoms with Crippen LogP contribution in [-0.4, -0.2) is 33.6 Å². The Morgan fingerprint density at radius 1 is 0.972 bits per heavy atom. The second-order valence-electron chi connectivity index (χ2n) is 8.20. The fraction of sp³-hybridized carbons (Fsp3) is 0.179. The molecule has 0 unspecified atom stereocenters. The quantitative estimate of drug-likeness (QED) is 0.301. The molecule has 0 atom stereocenters. The minimum atomic E-state index is -0.293. The average molecular weight is 484 g/mol. The molecule has 0 aliphatic rings. The third-order valence-electron chi connectivity index (χ3n) is 6.04. The number of ether oxygens (including phenoxy) is 2. The van der Waals surface area contributed by atoms with E-state index >= 15 is 0 Å². The third kappa shape index (κ3) is 4.45. The summed E-state index contributed by atoms with van der Waals surface area (Å²) in [6, 6.07) is 18.0. The van der Waals surface area contributed by atoms with Crippen molar-refractivity contribution >= 4 is 11.6 Å². The van der Waals surface area contributed by atoms with Crippen LogP contribution in [0.4, 0.5) is 10.3 Å². The number of hydrogen-bond acceptors (Lipinski definition) is 6. The molecule has 7 nitrogen and oxygen atoms in total. The van der Waals surface area contributed by atoms with Gasteiger partial charge in [0, 0.05) is 30.1 Å². The van der Waals surface area contributed by atoms with Gasteiger partial charge in [-0.1, -0.05) is 19.1 Å². The number of nitrogens with zero attached hydrogens (tertiary/aromatic N) is 4. The van der Waals surface area contributed by atoms with Gasteiger partial charge in [0.1, 0.15) is 11.5 Å². The molecule has 1 N–H and O–H groups in total. The predicted octanol–water partition coefficient (Wildman–Crippen LogP) is 5.79. The van der Waals surface area contributed by atoms with Crippen molar-refractivity contribution in [3.05, 3.63) is 90.0 Å². The number of aryl methyl sites for hydroxylation is 1. The molecule has 0 fully saturated rings. The number of rotatable bonds is 8. The molecule has 0 saturated heterocycles. The number of fused-ring (bicyclic) bond motifs is 1. The van der Waals surface area contributed by atoms with Crippen LogP contribution >= 0.6 is 0 Å². The molecule has 0 saturated carbocycles. The Balaban J connectivity index is 1.55. The second-order valence-corrected chi connectivity index (χ2v) is 8.20. The van der Waals surface area contributed by atoms with Crippen molar-refractivity contribution in [2.24, 2.45) is 0 Å². The minimum absolute atomic E-state index is 0.293. The first-order valence-corrected chi connectivity index (χ1v) is 11.6. The summed E-state index contributed by atoms with van der Waals surface area (Å²) < 4.78 is 26.6. The molecule has 0 amide bonds. The number of anilines is 1. The zero-order chi connectivity index (χ0) is 25.1. The Morgan fingerprint density at radius 2 is 1.81 bits per heavy atom. The summed E-state index contributed by atoms with van der Waals surface area (Å²) in [4.78, 5) is 14.1. The standard InChI is InChI=1S/C28H26FN5O2/c1-4-18-13-15-34-24(16-18)33-25(19-8-10-21(29)11-9-19)26(34)22-12-14-30-28(32-22)31-17-20-6-5-7-23(35-2)27(20)36-3/h5-16H,4,17H2,1-3H3,(H,30,31,32). The van der Waals surface area contributed by atoms with Gasteiger partial charge < -0.3 is 14.8 Å². The molecule has 2 aromatic carbocycles. The highest BCUT2D eigenvalue weighted by atomic mass is 19.1. The zero-order valence-electron chi connectivity index (χ0n) is 20.3. The lowest BCUT2D eigenvalue weighted by molar-refractivity contribution is 0.352. The van der Waals surface area contributed by atoms with E-state index in [0.717, 1.165) is 34.6 Å². The van der Waals surface area contributed by atoms with Gasteiger partial charge in [0.15, 0.2) is 11.5 Å². The van der Waals surface area contributed by atoms with E-state index in [1.807, 2.05) is 34.9 Å². The summed E-state index contributed by atoms with van der Waals surface area (Å²) in [6.45, 7) is 2.55. The van der Waals surface area contributed by atoms with E-state index in [2.05, 4.69) is 29.4 Å². The number of halogens is 1. The Labute approximate surface area is 208 Å². The van der Waals surface area contributed by atoms with Crippen molar-refractivity contribution in [1.29, 1.82) is 0 Å². The molecule has 5 aromatic rings. The molecule has 182 valence electrons. The maximum absolute atomic E-state index is 13.6. The highest BCUT2D eigenvalue weighted by molar-refractivity contribution is 5.80. The number of nitrogens with one attached hydrogen (secondary N) is 1. The lowest BCUT2D eigenvalue weighted by atomic mass is 10.1. The topological polar surface area (TPSA) is 73.6 Å². The van der Waals surface area contributed by atoms with Crippen molar-refractivity contribution < 1.29 is 13.9 Å². The fourth-order valence-corrected chi connectivity index (χ4v) is 4.20.